The lowest BCUT2D eigenvalue weighted by Gasteiger charge is -2.35. The quantitative estimate of drug-likeness (QED) is 0.306. The summed E-state index contributed by atoms with van der Waals surface area (Å²) >= 11 is 0. The van der Waals surface area contributed by atoms with Crippen LogP contribution in [0.1, 0.15) is 69.8 Å². The summed E-state index contributed by atoms with van der Waals surface area (Å²) in [7, 11) is 1.61. The molecule has 0 aliphatic carbocycles. The second-order valence-electron chi connectivity index (χ2n) is 13.4. The van der Waals surface area contributed by atoms with E-state index in [1.54, 1.807) is 7.11 Å². The van der Waals surface area contributed by atoms with Crippen molar-refractivity contribution in [3.8, 4) is 5.75 Å². The van der Waals surface area contributed by atoms with Crippen LogP contribution in [0.15, 0.2) is 66.7 Å². The lowest BCUT2D eigenvalue weighted by molar-refractivity contribution is -0.152. The summed E-state index contributed by atoms with van der Waals surface area (Å²) in [6, 6.07) is 16.2. The topological polar surface area (TPSA) is 78.9 Å². The third-order valence-electron chi connectivity index (χ3n) is 8.41. The van der Waals surface area contributed by atoms with Crippen LogP contribution in [0.2, 0.25) is 0 Å². The van der Waals surface area contributed by atoms with E-state index in [0.29, 0.717) is 12.3 Å². The van der Waals surface area contributed by atoms with Crippen LogP contribution < -0.4 is 10.1 Å². The number of likely N-dealkylation sites (tertiary alicyclic amines) is 1. The highest BCUT2D eigenvalue weighted by atomic mass is 19.1. The number of nitrogens with one attached hydrogen (secondary N) is 1. The van der Waals surface area contributed by atoms with Gasteiger partial charge >= 0.3 is 5.97 Å². The summed E-state index contributed by atoms with van der Waals surface area (Å²) in [5, 5.41) is 14.3. The molecule has 1 aliphatic rings. The molecule has 0 radical (unpaired) electrons. The predicted octanol–water partition coefficient (Wildman–Crippen LogP) is 6.67. The van der Waals surface area contributed by atoms with E-state index in [1.807, 2.05) is 63.2 Å². The van der Waals surface area contributed by atoms with E-state index < -0.39 is 59.4 Å². The maximum atomic E-state index is 14.7. The first-order valence-corrected chi connectivity index (χ1v) is 14.6. The van der Waals surface area contributed by atoms with Crippen molar-refractivity contribution in [3.05, 3.63) is 101 Å². The smallest absolute Gasteiger partial charge is 0.326 e. The number of carbonyl (C=O) groups excluding carboxylic acids is 1. The summed E-state index contributed by atoms with van der Waals surface area (Å²) in [5.41, 5.74) is 1.71. The van der Waals surface area contributed by atoms with Crippen molar-refractivity contribution in [1.29, 1.82) is 0 Å². The highest BCUT2D eigenvalue weighted by Gasteiger charge is 2.57. The third kappa shape index (κ3) is 6.74. The van der Waals surface area contributed by atoms with E-state index in [4.69, 9.17) is 4.74 Å². The minimum Gasteiger partial charge on any atom is -0.496 e. The Hall–Kier alpha value is -3.78. The molecule has 8 heteroatoms. The van der Waals surface area contributed by atoms with E-state index in [9.17, 15) is 23.5 Å². The summed E-state index contributed by atoms with van der Waals surface area (Å²) < 4.78 is 35.0. The van der Waals surface area contributed by atoms with Crippen molar-refractivity contribution in [2.75, 3.05) is 7.11 Å². The number of aliphatic carboxylic acids is 1. The number of hydrogen-bond acceptors (Lipinski definition) is 4. The lowest BCUT2D eigenvalue weighted by atomic mass is 9.72. The first-order chi connectivity index (χ1) is 20.1. The number of rotatable bonds is 8. The van der Waals surface area contributed by atoms with E-state index in [-0.39, 0.29) is 11.0 Å². The van der Waals surface area contributed by atoms with E-state index in [2.05, 4.69) is 32.2 Å². The second kappa shape index (κ2) is 12.4. The molecule has 0 bridgehead atoms. The fourth-order valence-electron chi connectivity index (χ4n) is 6.32. The van der Waals surface area contributed by atoms with Gasteiger partial charge in [0, 0.05) is 29.6 Å². The van der Waals surface area contributed by atoms with Gasteiger partial charge in [-0.25, -0.2) is 13.6 Å². The van der Waals surface area contributed by atoms with Gasteiger partial charge in [-0.05, 0) is 40.2 Å². The molecule has 0 spiro atoms. The van der Waals surface area contributed by atoms with Gasteiger partial charge in [0.25, 0.3) is 0 Å². The van der Waals surface area contributed by atoms with Crippen molar-refractivity contribution >= 4 is 11.9 Å². The number of ether oxygens (including phenoxy) is 1. The standard InChI is InChI=1S/C35H42F2N2O4/c1-34(2,3)23-16-17-27(43-7)22(18-23)20-38-30-29(35(4,5)6)32(33(41)42)39(31(30)21-12-9-8-10-13-21)28(40)19-24-25(36)14-11-15-26(24)37/h8-18,29-32,38H,19-20H2,1-7H3,(H,41,42)/t29-,30-,31-,32-/m0/s1. The summed E-state index contributed by atoms with van der Waals surface area (Å²) in [4.78, 5) is 28.4. The molecule has 1 amide bonds. The van der Waals surface area contributed by atoms with Crippen molar-refractivity contribution in [2.24, 2.45) is 11.3 Å². The predicted molar refractivity (Wildman–Crippen MR) is 163 cm³/mol. The highest BCUT2D eigenvalue weighted by Crippen LogP contribution is 2.48. The number of carboxylic acids is 1. The molecular weight excluding hydrogens is 550 g/mol. The van der Waals surface area contributed by atoms with Gasteiger partial charge in [0.05, 0.1) is 19.6 Å². The molecule has 4 rings (SSSR count). The molecule has 1 saturated heterocycles. The number of amides is 1. The Balaban J connectivity index is 1.83. The van der Waals surface area contributed by atoms with Gasteiger partial charge in [-0.2, -0.15) is 0 Å². The van der Waals surface area contributed by atoms with Crippen molar-refractivity contribution in [2.45, 2.75) is 78.0 Å². The van der Waals surface area contributed by atoms with E-state index >= 15 is 0 Å². The minimum atomic E-state index is -1.24. The van der Waals surface area contributed by atoms with Crippen LogP contribution in [-0.4, -0.2) is 41.1 Å². The van der Waals surface area contributed by atoms with Crippen molar-refractivity contribution in [1.82, 2.24) is 10.2 Å². The largest absolute Gasteiger partial charge is 0.496 e. The number of benzene rings is 3. The van der Waals surface area contributed by atoms with Crippen LogP contribution in [0.3, 0.4) is 0 Å². The van der Waals surface area contributed by atoms with Gasteiger partial charge < -0.3 is 20.1 Å². The highest BCUT2D eigenvalue weighted by molar-refractivity contribution is 5.87. The van der Waals surface area contributed by atoms with Crippen LogP contribution >= 0.6 is 0 Å². The molecule has 4 atom stereocenters. The SMILES string of the molecule is COc1ccc(C(C)(C)C)cc1CN[C@H]1[C@H](C(C)(C)C)[C@@H](C(=O)O)N(C(=O)Cc2c(F)cccc2F)[C@H]1c1ccccc1. The Morgan fingerprint density at radius 1 is 0.930 bits per heavy atom. The Morgan fingerprint density at radius 2 is 1.56 bits per heavy atom. The average Bonchev–Trinajstić information content (AvgIpc) is 3.30. The molecule has 0 saturated carbocycles. The monoisotopic (exact) mass is 592 g/mol. The average molecular weight is 593 g/mol. The number of nitrogens with zero attached hydrogens (tertiary/aromatic N) is 1. The molecule has 3 aromatic carbocycles. The van der Waals surface area contributed by atoms with Crippen LogP contribution in [0, 0.1) is 23.0 Å². The van der Waals surface area contributed by atoms with Gasteiger partial charge in [-0.3, -0.25) is 4.79 Å². The molecule has 230 valence electrons. The fraction of sp³-hybridized carbons (Fsp3) is 0.429. The molecule has 0 aromatic heterocycles. The van der Waals surface area contributed by atoms with E-state index in [0.717, 1.165) is 28.8 Å². The summed E-state index contributed by atoms with van der Waals surface area (Å²) in [6.45, 7) is 12.6. The fourth-order valence-corrected chi connectivity index (χ4v) is 6.32. The first-order valence-electron chi connectivity index (χ1n) is 14.6. The van der Waals surface area contributed by atoms with E-state index in [1.165, 1.54) is 11.0 Å². The number of carboxylic acid groups (broad SMARTS) is 1. The Morgan fingerprint density at radius 3 is 2.09 bits per heavy atom. The van der Waals surface area contributed by atoms with Crippen LogP contribution in [0.25, 0.3) is 0 Å². The zero-order chi connectivity index (χ0) is 31.7. The normalized spacial score (nSPS) is 20.7. The Kier molecular flexibility index (Phi) is 9.30. The number of carbonyl (C=O) groups is 2. The maximum Gasteiger partial charge on any atom is 0.326 e. The molecule has 2 N–H and O–H groups in total. The molecule has 1 heterocycles. The summed E-state index contributed by atoms with van der Waals surface area (Å²) in [6.07, 6.45) is -0.601. The first kappa shape index (κ1) is 32.1. The Labute approximate surface area is 253 Å². The maximum absolute atomic E-state index is 14.7. The minimum absolute atomic E-state index is 0.103. The van der Waals surface area contributed by atoms with Gasteiger partial charge in [0.2, 0.25) is 5.91 Å². The summed E-state index contributed by atoms with van der Waals surface area (Å²) in [5.74, 6) is -3.37. The van der Waals surface area contributed by atoms with Gasteiger partial charge in [-0.1, -0.05) is 90.1 Å². The van der Waals surface area contributed by atoms with Gasteiger partial charge in [0.15, 0.2) is 0 Å². The van der Waals surface area contributed by atoms with Crippen LogP contribution in [0.5, 0.6) is 5.75 Å². The molecule has 1 aliphatic heterocycles. The van der Waals surface area contributed by atoms with Crippen LogP contribution in [0.4, 0.5) is 8.78 Å². The number of methoxy groups -OCH3 is 1. The third-order valence-corrected chi connectivity index (χ3v) is 8.41. The molecule has 0 unspecified atom stereocenters. The van der Waals surface area contributed by atoms with Crippen molar-refractivity contribution < 1.29 is 28.2 Å². The zero-order valence-corrected chi connectivity index (χ0v) is 25.9. The molecular formula is C35H42F2N2O4. The number of halogens is 2. The van der Waals surface area contributed by atoms with Crippen molar-refractivity contribution in [3.63, 3.8) is 0 Å². The van der Waals surface area contributed by atoms with Gasteiger partial charge in [0.1, 0.15) is 23.4 Å². The lowest BCUT2D eigenvalue weighted by Crippen LogP contribution is -2.48. The number of hydrogen-bond donors (Lipinski definition) is 2. The molecule has 6 nitrogen and oxygen atoms in total. The van der Waals surface area contributed by atoms with Gasteiger partial charge in [-0.15, -0.1) is 0 Å². The zero-order valence-electron chi connectivity index (χ0n) is 25.9. The molecule has 43 heavy (non-hydrogen) atoms. The molecule has 3 aromatic rings. The molecule has 1 fully saturated rings. The second-order valence-corrected chi connectivity index (χ2v) is 13.4. The van der Waals surface area contributed by atoms with Crippen LogP contribution in [-0.2, 0) is 28.0 Å². The Bertz CT molecular complexity index is 1440.